The summed E-state index contributed by atoms with van der Waals surface area (Å²) in [5.41, 5.74) is 2.39. The lowest BCUT2D eigenvalue weighted by molar-refractivity contribution is -0.117. The Morgan fingerprint density at radius 2 is 2.00 bits per heavy atom. The van der Waals surface area contributed by atoms with Crippen LogP contribution in [0, 0.1) is 0 Å². The average Bonchev–Trinajstić information content (AvgIpc) is 2.68. The van der Waals surface area contributed by atoms with E-state index in [9.17, 15) is 4.79 Å². The molecule has 1 amide bonds. The van der Waals surface area contributed by atoms with Gasteiger partial charge in [-0.15, -0.1) is 0 Å². The van der Waals surface area contributed by atoms with Gasteiger partial charge in [-0.2, -0.15) is 0 Å². The molecule has 1 aromatic carbocycles. The van der Waals surface area contributed by atoms with E-state index in [4.69, 9.17) is 0 Å². The molecule has 4 heteroatoms. The van der Waals surface area contributed by atoms with E-state index >= 15 is 0 Å². The molecule has 1 aliphatic rings. The molecule has 0 aliphatic carbocycles. The Bertz CT molecular complexity index is 700. The first-order valence-electron chi connectivity index (χ1n) is 9.44. The number of nitrogens with one attached hydrogen (secondary N) is 1. The van der Waals surface area contributed by atoms with Crippen LogP contribution in [0.4, 0.5) is 0 Å². The van der Waals surface area contributed by atoms with Crippen LogP contribution in [-0.4, -0.2) is 41.5 Å². The lowest BCUT2D eigenvalue weighted by Gasteiger charge is -2.33. The highest BCUT2D eigenvalue weighted by Gasteiger charge is 2.20. The predicted octanol–water partition coefficient (Wildman–Crippen LogP) is 3.31. The van der Waals surface area contributed by atoms with E-state index in [1.54, 1.807) is 18.5 Å². The van der Waals surface area contributed by atoms with Gasteiger partial charge in [0.2, 0.25) is 5.91 Å². The van der Waals surface area contributed by atoms with Crippen molar-refractivity contribution in [2.45, 2.75) is 31.7 Å². The number of piperidine rings is 1. The number of hydrogen-bond acceptors (Lipinski definition) is 3. The second kappa shape index (κ2) is 9.88. The molecule has 136 valence electrons. The maximum atomic E-state index is 12.2. The van der Waals surface area contributed by atoms with Gasteiger partial charge in [-0.05, 0) is 68.1 Å². The fourth-order valence-corrected chi connectivity index (χ4v) is 3.42. The monoisotopic (exact) mass is 349 g/mol. The van der Waals surface area contributed by atoms with Gasteiger partial charge < -0.3 is 10.2 Å². The molecule has 1 aliphatic heterocycles. The van der Waals surface area contributed by atoms with E-state index in [-0.39, 0.29) is 11.9 Å². The highest BCUT2D eigenvalue weighted by molar-refractivity contribution is 5.91. The minimum absolute atomic E-state index is 0.0158. The highest BCUT2D eigenvalue weighted by atomic mass is 16.1. The fourth-order valence-electron chi connectivity index (χ4n) is 3.42. The Kier molecular flexibility index (Phi) is 6.96. The van der Waals surface area contributed by atoms with Crippen LogP contribution < -0.4 is 5.32 Å². The normalized spacial score (nSPS) is 18.1. The molecule has 26 heavy (non-hydrogen) atoms. The van der Waals surface area contributed by atoms with Crippen molar-refractivity contribution in [1.29, 1.82) is 0 Å². The third-order valence-corrected chi connectivity index (χ3v) is 4.77. The second-order valence-electron chi connectivity index (χ2n) is 6.85. The molecule has 1 aromatic heterocycles. The molecular weight excluding hydrogens is 322 g/mol. The summed E-state index contributed by atoms with van der Waals surface area (Å²) < 4.78 is 0. The van der Waals surface area contributed by atoms with Crippen molar-refractivity contribution < 1.29 is 4.79 Å². The van der Waals surface area contributed by atoms with Crippen LogP contribution in [0.25, 0.3) is 6.08 Å². The second-order valence-corrected chi connectivity index (χ2v) is 6.85. The fraction of sp³-hybridized carbons (Fsp3) is 0.364. The largest absolute Gasteiger partial charge is 0.349 e. The summed E-state index contributed by atoms with van der Waals surface area (Å²) in [6.07, 6.45) is 11.4. The van der Waals surface area contributed by atoms with Crippen LogP contribution in [0.2, 0.25) is 0 Å². The van der Waals surface area contributed by atoms with Crippen LogP contribution >= 0.6 is 0 Å². The first kappa shape index (κ1) is 18.3. The van der Waals surface area contributed by atoms with Crippen molar-refractivity contribution in [2.75, 3.05) is 19.6 Å². The Hall–Kier alpha value is -2.46. The van der Waals surface area contributed by atoms with E-state index in [1.165, 1.54) is 5.56 Å². The maximum absolute atomic E-state index is 12.2. The third kappa shape index (κ3) is 6.12. The van der Waals surface area contributed by atoms with Crippen molar-refractivity contribution in [2.24, 2.45) is 0 Å². The average molecular weight is 349 g/mol. The molecule has 1 N–H and O–H groups in total. The van der Waals surface area contributed by atoms with Crippen LogP contribution in [-0.2, 0) is 11.2 Å². The van der Waals surface area contributed by atoms with E-state index < -0.39 is 0 Å². The van der Waals surface area contributed by atoms with Gasteiger partial charge in [-0.3, -0.25) is 9.78 Å². The summed E-state index contributed by atoms with van der Waals surface area (Å²) in [5, 5.41) is 3.14. The number of hydrogen-bond donors (Lipinski definition) is 1. The van der Waals surface area contributed by atoms with Gasteiger partial charge in [-0.1, -0.05) is 30.3 Å². The highest BCUT2D eigenvalue weighted by Crippen LogP contribution is 2.12. The van der Waals surface area contributed by atoms with Crippen molar-refractivity contribution in [3.63, 3.8) is 0 Å². The molecule has 0 radical (unpaired) electrons. The third-order valence-electron chi connectivity index (χ3n) is 4.77. The SMILES string of the molecule is O=C(/C=C/c1ccncc1)NC1CCCN(CCCc2ccccc2)C1. The Labute approximate surface area is 155 Å². The smallest absolute Gasteiger partial charge is 0.244 e. The summed E-state index contributed by atoms with van der Waals surface area (Å²) >= 11 is 0. The van der Waals surface area contributed by atoms with Gasteiger partial charge >= 0.3 is 0 Å². The first-order valence-corrected chi connectivity index (χ1v) is 9.44. The van der Waals surface area contributed by atoms with Gasteiger partial charge in [0, 0.05) is 31.1 Å². The van der Waals surface area contributed by atoms with E-state index in [0.717, 1.165) is 50.9 Å². The zero-order chi connectivity index (χ0) is 18.0. The molecule has 2 aromatic rings. The Balaban J connectivity index is 1.40. The quantitative estimate of drug-likeness (QED) is 0.780. The zero-order valence-electron chi connectivity index (χ0n) is 15.2. The summed E-state index contributed by atoms with van der Waals surface area (Å²) in [7, 11) is 0. The van der Waals surface area contributed by atoms with Crippen LogP contribution in [0.15, 0.2) is 60.9 Å². The Morgan fingerprint density at radius 1 is 1.19 bits per heavy atom. The lowest BCUT2D eigenvalue weighted by atomic mass is 10.0. The Morgan fingerprint density at radius 3 is 2.81 bits per heavy atom. The number of carbonyl (C=O) groups is 1. The number of amides is 1. The molecule has 1 fully saturated rings. The number of pyridine rings is 1. The molecular formula is C22H27N3O. The van der Waals surface area contributed by atoms with Gasteiger partial charge in [-0.25, -0.2) is 0 Å². The number of benzene rings is 1. The van der Waals surface area contributed by atoms with Gasteiger partial charge in [0.05, 0.1) is 0 Å². The molecule has 1 atom stereocenters. The molecule has 3 rings (SSSR count). The number of carbonyl (C=O) groups excluding carboxylic acids is 1. The number of nitrogens with zero attached hydrogens (tertiary/aromatic N) is 2. The van der Waals surface area contributed by atoms with Gasteiger partial charge in [0.25, 0.3) is 0 Å². The van der Waals surface area contributed by atoms with Crippen molar-refractivity contribution in [3.05, 3.63) is 72.1 Å². The summed E-state index contributed by atoms with van der Waals surface area (Å²) in [4.78, 5) is 18.6. The molecule has 1 unspecified atom stereocenters. The van der Waals surface area contributed by atoms with Crippen LogP contribution in [0.5, 0.6) is 0 Å². The number of likely N-dealkylation sites (tertiary alicyclic amines) is 1. The van der Waals surface area contributed by atoms with Gasteiger partial charge in [0.15, 0.2) is 0 Å². The molecule has 0 spiro atoms. The number of aryl methyl sites for hydroxylation is 1. The number of aromatic nitrogens is 1. The topological polar surface area (TPSA) is 45.2 Å². The van der Waals surface area contributed by atoms with E-state index in [1.807, 2.05) is 18.2 Å². The molecule has 1 saturated heterocycles. The van der Waals surface area contributed by atoms with Crippen molar-refractivity contribution >= 4 is 12.0 Å². The number of rotatable bonds is 7. The van der Waals surface area contributed by atoms with E-state index in [0.29, 0.717) is 0 Å². The minimum Gasteiger partial charge on any atom is -0.349 e. The standard InChI is InChI=1S/C22H27N3O/c26-22(11-10-20-12-14-23-15-13-20)24-21-9-5-17-25(18-21)16-4-8-19-6-2-1-3-7-19/h1-3,6-7,10-15,21H,4-5,8-9,16-18H2,(H,24,26)/b11-10+. The summed E-state index contributed by atoms with van der Waals surface area (Å²) in [6.45, 7) is 3.17. The van der Waals surface area contributed by atoms with Crippen LogP contribution in [0.3, 0.4) is 0 Å². The van der Waals surface area contributed by atoms with Crippen molar-refractivity contribution in [1.82, 2.24) is 15.2 Å². The van der Waals surface area contributed by atoms with Gasteiger partial charge in [0.1, 0.15) is 0 Å². The maximum Gasteiger partial charge on any atom is 0.244 e. The summed E-state index contributed by atoms with van der Waals surface area (Å²) in [6, 6.07) is 14.7. The molecule has 0 saturated carbocycles. The van der Waals surface area contributed by atoms with E-state index in [2.05, 4.69) is 45.5 Å². The molecule has 0 bridgehead atoms. The summed E-state index contributed by atoms with van der Waals surface area (Å²) in [5.74, 6) is -0.0158. The molecule has 2 heterocycles. The van der Waals surface area contributed by atoms with Crippen molar-refractivity contribution in [3.8, 4) is 0 Å². The van der Waals surface area contributed by atoms with Crippen LogP contribution in [0.1, 0.15) is 30.4 Å². The molecule has 4 nitrogen and oxygen atoms in total. The lowest BCUT2D eigenvalue weighted by Crippen LogP contribution is -2.47. The minimum atomic E-state index is -0.0158. The zero-order valence-corrected chi connectivity index (χ0v) is 15.2. The first-order chi connectivity index (χ1) is 12.8. The predicted molar refractivity (Wildman–Crippen MR) is 106 cm³/mol.